The van der Waals surface area contributed by atoms with E-state index in [2.05, 4.69) is 25.8 Å². The molecule has 0 atom stereocenters. The Labute approximate surface area is 113 Å². The number of nitrogens with zero attached hydrogens (tertiary/aromatic N) is 2. The molecule has 0 saturated heterocycles. The predicted octanol–water partition coefficient (Wildman–Crippen LogP) is 3.41. The smallest absolute Gasteiger partial charge is 0.131 e. The predicted molar refractivity (Wildman–Crippen MR) is 76.5 cm³/mol. The van der Waals surface area contributed by atoms with E-state index in [1.807, 2.05) is 17.7 Å². The van der Waals surface area contributed by atoms with Crippen molar-refractivity contribution in [2.24, 2.45) is 7.05 Å². The Bertz CT molecular complexity index is 621. The summed E-state index contributed by atoms with van der Waals surface area (Å²) in [4.78, 5) is 4.59. The number of benzene rings is 1. The molecule has 4 heteroatoms. The van der Waals surface area contributed by atoms with Crippen molar-refractivity contribution in [1.82, 2.24) is 9.55 Å². The summed E-state index contributed by atoms with van der Waals surface area (Å²) in [5, 5.41) is 0. The largest absolute Gasteiger partial charge is 0.383 e. The van der Waals surface area contributed by atoms with Crippen LogP contribution in [-0.4, -0.2) is 9.55 Å². The van der Waals surface area contributed by atoms with Crippen LogP contribution in [0.1, 0.15) is 32.2 Å². The molecule has 0 fully saturated rings. The molecule has 3 nitrogen and oxygen atoms in total. The fourth-order valence-corrected chi connectivity index (χ4v) is 2.13. The number of hydrogen-bond donors (Lipinski definition) is 1. The lowest BCUT2D eigenvalue weighted by atomic mass is 9.96. The molecule has 0 aliphatic heterocycles. The van der Waals surface area contributed by atoms with E-state index < -0.39 is 0 Å². The SMILES string of the molecule is Cc1ccc(-c2nc(C(C)(C)C)n(C)c2N)cc1F. The molecule has 102 valence electrons. The molecule has 0 amide bonds. The minimum atomic E-state index is -0.236. The van der Waals surface area contributed by atoms with Gasteiger partial charge in [0, 0.05) is 18.0 Å². The van der Waals surface area contributed by atoms with Gasteiger partial charge >= 0.3 is 0 Å². The van der Waals surface area contributed by atoms with E-state index in [0.29, 0.717) is 22.6 Å². The highest BCUT2D eigenvalue weighted by atomic mass is 19.1. The number of rotatable bonds is 1. The summed E-state index contributed by atoms with van der Waals surface area (Å²) < 4.78 is 15.5. The van der Waals surface area contributed by atoms with Crippen molar-refractivity contribution in [2.45, 2.75) is 33.1 Å². The fourth-order valence-electron chi connectivity index (χ4n) is 2.13. The van der Waals surface area contributed by atoms with E-state index in [-0.39, 0.29) is 11.2 Å². The van der Waals surface area contributed by atoms with Crippen LogP contribution in [0.3, 0.4) is 0 Å². The third-order valence-corrected chi connectivity index (χ3v) is 3.26. The second-order valence-electron chi connectivity index (χ2n) is 5.94. The van der Waals surface area contributed by atoms with Crippen LogP contribution in [0.25, 0.3) is 11.3 Å². The molecule has 1 heterocycles. The molecule has 2 rings (SSSR count). The molecular formula is C15H20FN3. The monoisotopic (exact) mass is 261 g/mol. The lowest BCUT2D eigenvalue weighted by molar-refractivity contribution is 0.524. The molecule has 0 aliphatic rings. The van der Waals surface area contributed by atoms with E-state index in [9.17, 15) is 4.39 Å². The Morgan fingerprint density at radius 3 is 2.37 bits per heavy atom. The fraction of sp³-hybridized carbons (Fsp3) is 0.400. The molecule has 1 aromatic heterocycles. The molecule has 1 aromatic carbocycles. The van der Waals surface area contributed by atoms with Crippen LogP contribution in [0.2, 0.25) is 0 Å². The minimum absolute atomic E-state index is 0.107. The summed E-state index contributed by atoms with van der Waals surface area (Å²) in [5.41, 5.74) is 7.97. The maximum absolute atomic E-state index is 13.7. The highest BCUT2D eigenvalue weighted by Crippen LogP contribution is 2.31. The average Bonchev–Trinajstić information content (AvgIpc) is 2.60. The standard InChI is InChI=1S/C15H20FN3/c1-9-6-7-10(8-11(9)16)12-13(17)19(5)14(18-12)15(2,3)4/h6-8H,17H2,1-5H3. The third-order valence-electron chi connectivity index (χ3n) is 3.26. The summed E-state index contributed by atoms with van der Waals surface area (Å²) >= 11 is 0. The van der Waals surface area contributed by atoms with Gasteiger partial charge in [-0.3, -0.25) is 0 Å². The number of nitrogen functional groups attached to an aromatic ring is 1. The van der Waals surface area contributed by atoms with Crippen molar-refractivity contribution in [3.8, 4) is 11.3 Å². The van der Waals surface area contributed by atoms with Crippen LogP contribution < -0.4 is 5.73 Å². The molecule has 0 saturated carbocycles. The van der Waals surface area contributed by atoms with Crippen molar-refractivity contribution in [1.29, 1.82) is 0 Å². The second kappa shape index (κ2) is 4.37. The van der Waals surface area contributed by atoms with Crippen LogP contribution in [0.5, 0.6) is 0 Å². The molecule has 0 unspecified atom stereocenters. The van der Waals surface area contributed by atoms with Crippen molar-refractivity contribution < 1.29 is 4.39 Å². The van der Waals surface area contributed by atoms with Crippen molar-refractivity contribution in [2.75, 3.05) is 5.73 Å². The Morgan fingerprint density at radius 2 is 1.89 bits per heavy atom. The van der Waals surface area contributed by atoms with Gasteiger partial charge in [-0.1, -0.05) is 32.9 Å². The van der Waals surface area contributed by atoms with Crippen LogP contribution in [0.4, 0.5) is 10.2 Å². The Hall–Kier alpha value is -1.84. The van der Waals surface area contributed by atoms with Crippen LogP contribution in [0.15, 0.2) is 18.2 Å². The first kappa shape index (κ1) is 13.6. The summed E-state index contributed by atoms with van der Waals surface area (Å²) in [6.45, 7) is 7.97. The number of aryl methyl sites for hydroxylation is 1. The Morgan fingerprint density at radius 1 is 1.26 bits per heavy atom. The van der Waals surface area contributed by atoms with Crippen LogP contribution >= 0.6 is 0 Å². The number of aromatic nitrogens is 2. The van der Waals surface area contributed by atoms with Crippen LogP contribution in [-0.2, 0) is 12.5 Å². The lowest BCUT2D eigenvalue weighted by Gasteiger charge is -2.17. The topological polar surface area (TPSA) is 43.8 Å². The first-order chi connectivity index (χ1) is 8.71. The van der Waals surface area contributed by atoms with E-state index >= 15 is 0 Å². The average molecular weight is 261 g/mol. The van der Waals surface area contributed by atoms with Crippen molar-refractivity contribution in [3.05, 3.63) is 35.4 Å². The summed E-state index contributed by atoms with van der Waals surface area (Å²) in [5.74, 6) is 1.22. The van der Waals surface area contributed by atoms with Crippen LogP contribution in [0, 0.1) is 12.7 Å². The zero-order valence-electron chi connectivity index (χ0n) is 12.1. The maximum Gasteiger partial charge on any atom is 0.131 e. The Balaban J connectivity index is 2.60. The van der Waals surface area contributed by atoms with Gasteiger partial charge in [-0.05, 0) is 18.6 Å². The van der Waals surface area contributed by atoms with Gasteiger partial charge in [-0.25, -0.2) is 9.37 Å². The second-order valence-corrected chi connectivity index (χ2v) is 5.94. The number of imidazole rings is 1. The highest BCUT2D eigenvalue weighted by molar-refractivity contribution is 5.71. The van der Waals surface area contributed by atoms with Crippen molar-refractivity contribution in [3.63, 3.8) is 0 Å². The quantitative estimate of drug-likeness (QED) is 0.854. The van der Waals surface area contributed by atoms with Gasteiger partial charge in [-0.2, -0.15) is 0 Å². The van der Waals surface area contributed by atoms with Crippen molar-refractivity contribution >= 4 is 5.82 Å². The molecule has 19 heavy (non-hydrogen) atoms. The van der Waals surface area contributed by atoms with E-state index in [1.54, 1.807) is 13.0 Å². The van der Waals surface area contributed by atoms with Gasteiger partial charge in [0.15, 0.2) is 0 Å². The van der Waals surface area contributed by atoms with Gasteiger partial charge < -0.3 is 10.3 Å². The molecule has 0 radical (unpaired) electrons. The highest BCUT2D eigenvalue weighted by Gasteiger charge is 2.23. The van der Waals surface area contributed by atoms with Gasteiger partial charge in [-0.15, -0.1) is 0 Å². The zero-order valence-corrected chi connectivity index (χ0v) is 12.1. The van der Waals surface area contributed by atoms with Gasteiger partial charge in [0.2, 0.25) is 0 Å². The summed E-state index contributed by atoms with van der Waals surface area (Å²) in [6.07, 6.45) is 0. The normalized spacial score (nSPS) is 11.9. The maximum atomic E-state index is 13.7. The van der Waals surface area contributed by atoms with Gasteiger partial charge in [0.25, 0.3) is 0 Å². The molecular weight excluding hydrogens is 241 g/mol. The molecule has 0 aliphatic carbocycles. The first-order valence-electron chi connectivity index (χ1n) is 6.31. The van der Waals surface area contributed by atoms with E-state index in [0.717, 1.165) is 5.82 Å². The number of nitrogens with two attached hydrogens (primary N) is 1. The number of anilines is 1. The summed E-state index contributed by atoms with van der Waals surface area (Å²) in [7, 11) is 1.89. The number of hydrogen-bond acceptors (Lipinski definition) is 2. The first-order valence-corrected chi connectivity index (χ1v) is 6.31. The van der Waals surface area contributed by atoms with E-state index in [4.69, 9.17) is 5.73 Å². The third kappa shape index (κ3) is 2.35. The van der Waals surface area contributed by atoms with Gasteiger partial charge in [0.05, 0.1) is 0 Å². The van der Waals surface area contributed by atoms with Gasteiger partial charge in [0.1, 0.15) is 23.2 Å². The zero-order chi connectivity index (χ0) is 14.4. The Kier molecular flexibility index (Phi) is 3.12. The molecule has 2 aromatic rings. The lowest BCUT2D eigenvalue weighted by Crippen LogP contribution is -2.17. The minimum Gasteiger partial charge on any atom is -0.383 e. The molecule has 0 spiro atoms. The molecule has 2 N–H and O–H groups in total. The number of halogens is 1. The summed E-state index contributed by atoms with van der Waals surface area (Å²) in [6, 6.07) is 5.08. The molecule has 0 bridgehead atoms. The van der Waals surface area contributed by atoms with E-state index in [1.165, 1.54) is 6.07 Å².